The van der Waals surface area contributed by atoms with Gasteiger partial charge in [0, 0.05) is 16.8 Å². The summed E-state index contributed by atoms with van der Waals surface area (Å²) < 4.78 is 66.5. The smallest absolute Gasteiger partial charge is 0.356 e. The van der Waals surface area contributed by atoms with Crippen LogP contribution < -0.4 is 0 Å². The van der Waals surface area contributed by atoms with Crippen molar-refractivity contribution in [2.24, 2.45) is 0 Å². The van der Waals surface area contributed by atoms with Crippen LogP contribution in [0.5, 0.6) is 5.88 Å². The Balaban J connectivity index is 2.48. The highest BCUT2D eigenvalue weighted by Gasteiger charge is 2.26. The van der Waals surface area contributed by atoms with Crippen molar-refractivity contribution in [3.63, 3.8) is 0 Å². The molecule has 13 heteroatoms. The molecule has 1 aromatic heterocycles. The van der Waals surface area contributed by atoms with Gasteiger partial charge in [0.05, 0.1) is 5.69 Å². The first kappa shape index (κ1) is 18.8. The molecule has 142 valence electrons. The minimum atomic E-state index is -4.99. The summed E-state index contributed by atoms with van der Waals surface area (Å²) in [6.45, 7) is 0. The highest BCUT2D eigenvalue weighted by atomic mass is 32.2. The number of benzene rings is 2. The fourth-order valence-electron chi connectivity index (χ4n) is 2.61. The van der Waals surface area contributed by atoms with Crippen LogP contribution in [0.4, 0.5) is 0 Å². The largest absolute Gasteiger partial charge is 0.493 e. The zero-order valence-electron chi connectivity index (χ0n) is 13.0. The first-order valence-corrected chi connectivity index (χ1v) is 9.82. The summed E-state index contributed by atoms with van der Waals surface area (Å²) in [6.07, 6.45) is 0. The van der Waals surface area contributed by atoms with Crippen molar-refractivity contribution in [1.29, 1.82) is 0 Å². The van der Waals surface area contributed by atoms with Crippen molar-refractivity contribution in [1.82, 2.24) is 9.78 Å². The molecule has 0 unspecified atom stereocenters. The van der Waals surface area contributed by atoms with Crippen LogP contribution in [0.1, 0.15) is 10.5 Å². The molecule has 3 rings (SSSR count). The maximum Gasteiger partial charge on any atom is 0.356 e. The van der Waals surface area contributed by atoms with E-state index in [0.717, 1.165) is 36.4 Å². The van der Waals surface area contributed by atoms with Gasteiger partial charge >= 0.3 is 5.97 Å². The molecule has 0 saturated carbocycles. The predicted octanol–water partition coefficient (Wildman–Crippen LogP) is 0.923. The molecule has 27 heavy (non-hydrogen) atoms. The first-order chi connectivity index (χ1) is 12.4. The van der Waals surface area contributed by atoms with Crippen molar-refractivity contribution in [3.8, 4) is 11.6 Å². The number of hydrogen-bond acceptors (Lipinski definition) is 7. The zero-order valence-corrected chi connectivity index (χ0v) is 14.6. The number of aromatic carboxylic acids is 1. The van der Waals surface area contributed by atoms with Crippen molar-refractivity contribution < 1.29 is 40.9 Å². The molecular formula is C14H10N2O9S2. The number of aromatic nitrogens is 2. The van der Waals surface area contributed by atoms with E-state index in [1.54, 1.807) is 0 Å². The van der Waals surface area contributed by atoms with E-state index in [1.807, 2.05) is 0 Å². The van der Waals surface area contributed by atoms with Gasteiger partial charge in [-0.3, -0.25) is 9.11 Å². The lowest BCUT2D eigenvalue weighted by molar-refractivity contribution is 0.0690. The summed E-state index contributed by atoms with van der Waals surface area (Å²) in [5.41, 5.74) is -1.02. The molecule has 0 aliphatic rings. The molecule has 4 N–H and O–H groups in total. The molecule has 3 aromatic rings. The number of carbonyl (C=O) groups is 1. The van der Waals surface area contributed by atoms with E-state index in [1.165, 1.54) is 0 Å². The van der Waals surface area contributed by atoms with Gasteiger partial charge in [0.25, 0.3) is 20.2 Å². The van der Waals surface area contributed by atoms with Gasteiger partial charge in [-0.25, -0.2) is 4.79 Å². The molecule has 1 heterocycles. The summed E-state index contributed by atoms with van der Waals surface area (Å²) in [5, 5.41) is 21.9. The van der Waals surface area contributed by atoms with E-state index < -0.39 is 53.3 Å². The summed E-state index contributed by atoms with van der Waals surface area (Å²) in [4.78, 5) is 9.56. The highest BCUT2D eigenvalue weighted by Crippen LogP contribution is 2.34. The van der Waals surface area contributed by atoms with Crippen LogP contribution in [-0.2, 0) is 20.2 Å². The van der Waals surface area contributed by atoms with Crippen LogP contribution in [0.15, 0.2) is 46.2 Å². The average Bonchev–Trinajstić information content (AvgIpc) is 2.93. The molecule has 0 saturated heterocycles. The number of aromatic hydroxyl groups is 1. The van der Waals surface area contributed by atoms with Crippen molar-refractivity contribution in [2.45, 2.75) is 9.79 Å². The van der Waals surface area contributed by atoms with Crippen LogP contribution in [-0.4, -0.2) is 51.9 Å². The Bertz CT molecular complexity index is 1310. The van der Waals surface area contributed by atoms with Crippen LogP contribution in [0, 0.1) is 0 Å². The van der Waals surface area contributed by atoms with E-state index in [0.29, 0.717) is 4.68 Å². The summed E-state index contributed by atoms with van der Waals surface area (Å²) in [6, 6.07) is 6.20. The van der Waals surface area contributed by atoms with Crippen molar-refractivity contribution in [2.75, 3.05) is 0 Å². The van der Waals surface area contributed by atoms with Crippen molar-refractivity contribution >= 4 is 37.0 Å². The third kappa shape index (κ3) is 3.23. The second-order valence-electron chi connectivity index (χ2n) is 5.32. The first-order valence-electron chi connectivity index (χ1n) is 6.94. The summed E-state index contributed by atoms with van der Waals surface area (Å²) in [5.74, 6) is -2.23. The van der Waals surface area contributed by atoms with Gasteiger partial charge < -0.3 is 10.2 Å². The third-order valence-corrected chi connectivity index (χ3v) is 5.48. The Morgan fingerprint density at radius 3 is 2.15 bits per heavy atom. The lowest BCUT2D eigenvalue weighted by atomic mass is 10.1. The molecule has 0 amide bonds. The van der Waals surface area contributed by atoms with E-state index in [2.05, 4.69) is 5.10 Å². The number of hydrogen-bond donors (Lipinski definition) is 4. The van der Waals surface area contributed by atoms with E-state index in [9.17, 15) is 35.8 Å². The average molecular weight is 414 g/mol. The number of carboxylic acids is 1. The van der Waals surface area contributed by atoms with Crippen LogP contribution in [0.2, 0.25) is 0 Å². The molecule has 0 aliphatic heterocycles. The van der Waals surface area contributed by atoms with E-state index in [4.69, 9.17) is 5.11 Å². The predicted molar refractivity (Wildman–Crippen MR) is 89.3 cm³/mol. The fourth-order valence-corrected chi connectivity index (χ4v) is 4.19. The monoisotopic (exact) mass is 414 g/mol. The minimum Gasteiger partial charge on any atom is -0.493 e. The molecular weight excluding hydrogens is 404 g/mol. The maximum absolute atomic E-state index is 12.0. The lowest BCUT2D eigenvalue weighted by Gasteiger charge is -2.13. The van der Waals surface area contributed by atoms with Crippen LogP contribution in [0.3, 0.4) is 0 Å². The summed E-state index contributed by atoms with van der Waals surface area (Å²) >= 11 is 0. The van der Waals surface area contributed by atoms with Gasteiger partial charge in [0.2, 0.25) is 5.88 Å². The Hall–Kier alpha value is -3.00. The number of rotatable bonds is 4. The topological polar surface area (TPSA) is 184 Å². The van der Waals surface area contributed by atoms with Gasteiger partial charge in [0.1, 0.15) is 9.79 Å². The second kappa shape index (κ2) is 6.02. The zero-order chi connectivity index (χ0) is 20.1. The molecule has 0 atom stereocenters. The van der Waals surface area contributed by atoms with Crippen LogP contribution >= 0.6 is 0 Å². The molecule has 0 fully saturated rings. The van der Waals surface area contributed by atoms with Gasteiger partial charge in [-0.15, -0.1) is 0 Å². The molecule has 0 spiro atoms. The molecule has 0 radical (unpaired) electrons. The lowest BCUT2D eigenvalue weighted by Crippen LogP contribution is -2.09. The maximum atomic E-state index is 12.0. The SMILES string of the molecule is O=C(O)c1cc(O)n(-c2ccc3c(S(=O)(=O)O)cccc3c2S(=O)(=O)O)n1. The highest BCUT2D eigenvalue weighted by molar-refractivity contribution is 7.86. The molecule has 0 aliphatic carbocycles. The van der Waals surface area contributed by atoms with Gasteiger partial charge in [-0.2, -0.15) is 26.6 Å². The molecule has 0 bridgehead atoms. The van der Waals surface area contributed by atoms with E-state index >= 15 is 0 Å². The Morgan fingerprint density at radius 1 is 0.963 bits per heavy atom. The second-order valence-corrected chi connectivity index (χ2v) is 8.07. The van der Waals surface area contributed by atoms with Gasteiger partial charge in [-0.1, -0.05) is 18.2 Å². The number of fused-ring (bicyclic) bond motifs is 1. The van der Waals surface area contributed by atoms with Crippen LogP contribution in [0.25, 0.3) is 16.5 Å². The quantitative estimate of drug-likeness (QED) is 0.448. The fraction of sp³-hybridized carbons (Fsp3) is 0. The number of carboxylic acid groups (broad SMARTS) is 1. The standard InChI is InChI=1S/C14H10N2O9S2/c17-12-6-9(14(18)19)15-16(12)10-5-4-7-8(13(10)27(23,24)25)2-1-3-11(7)26(20,21)22/h1-6,17H,(H,18,19)(H,20,21,22)(H,23,24,25). The van der Waals surface area contributed by atoms with Gasteiger partial charge in [0.15, 0.2) is 5.69 Å². The van der Waals surface area contributed by atoms with E-state index in [-0.39, 0.29) is 10.8 Å². The molecule has 11 nitrogen and oxygen atoms in total. The molecule has 2 aromatic carbocycles. The van der Waals surface area contributed by atoms with Crippen molar-refractivity contribution in [3.05, 3.63) is 42.1 Å². The van der Waals surface area contributed by atoms with Gasteiger partial charge in [-0.05, 0) is 12.1 Å². The Labute approximate surface area is 151 Å². The minimum absolute atomic E-state index is 0.221. The summed E-state index contributed by atoms with van der Waals surface area (Å²) in [7, 11) is -9.70. The Kier molecular flexibility index (Phi) is 4.19. The normalized spacial score (nSPS) is 12.4. The Morgan fingerprint density at radius 2 is 1.63 bits per heavy atom. The third-order valence-electron chi connectivity index (χ3n) is 3.62. The number of nitrogens with zero attached hydrogens (tertiary/aromatic N) is 2.